The van der Waals surface area contributed by atoms with E-state index < -0.39 is 7.32 Å². The van der Waals surface area contributed by atoms with Crippen molar-refractivity contribution in [1.82, 2.24) is 0 Å². The lowest BCUT2D eigenvalue weighted by Crippen LogP contribution is -2.35. The van der Waals surface area contributed by atoms with Gasteiger partial charge in [0.2, 0.25) is 0 Å². The molecule has 0 aliphatic heterocycles. The highest BCUT2D eigenvalue weighted by Gasteiger charge is 2.30. The fourth-order valence-corrected chi connectivity index (χ4v) is 3.58. The molecule has 3 atom stereocenters. The van der Waals surface area contributed by atoms with E-state index in [1.165, 1.54) is 15.7 Å². The standard InChI is InChI=1S/C19H27BO3S3/c1-4-17(24)21-20(22-18(25)5-2)23-19(6-3)26-16-13-9-11-14-10-7-8-12-15(14)16/h7-13,17-19,24-25H,4-6H2,1-3H3. The van der Waals surface area contributed by atoms with Gasteiger partial charge in [-0.15, -0.1) is 25.3 Å². The maximum Gasteiger partial charge on any atom is 0.641 e. The highest BCUT2D eigenvalue weighted by molar-refractivity contribution is 8.00. The fourth-order valence-electron chi connectivity index (χ4n) is 2.32. The highest BCUT2D eigenvalue weighted by atomic mass is 32.2. The van der Waals surface area contributed by atoms with E-state index in [4.69, 9.17) is 14.0 Å². The molecule has 0 aliphatic rings. The van der Waals surface area contributed by atoms with Gasteiger partial charge in [-0.25, -0.2) is 0 Å². The van der Waals surface area contributed by atoms with Crippen molar-refractivity contribution >= 4 is 55.1 Å². The van der Waals surface area contributed by atoms with E-state index >= 15 is 0 Å². The first kappa shape index (κ1) is 22.0. The Bertz CT molecular complexity index is 656. The summed E-state index contributed by atoms with van der Waals surface area (Å²) in [4.78, 5) is 1.18. The van der Waals surface area contributed by atoms with E-state index in [1.54, 1.807) is 11.8 Å². The van der Waals surface area contributed by atoms with Gasteiger partial charge < -0.3 is 14.0 Å². The van der Waals surface area contributed by atoms with Gasteiger partial charge in [0, 0.05) is 4.90 Å². The molecule has 2 rings (SSSR count). The van der Waals surface area contributed by atoms with Crippen LogP contribution in [0.3, 0.4) is 0 Å². The van der Waals surface area contributed by atoms with Gasteiger partial charge in [0.1, 0.15) is 0 Å². The third-order valence-corrected chi connectivity index (χ3v) is 6.13. The van der Waals surface area contributed by atoms with Gasteiger partial charge in [-0.1, -0.05) is 68.9 Å². The van der Waals surface area contributed by atoms with Crippen LogP contribution in [0.2, 0.25) is 0 Å². The van der Waals surface area contributed by atoms with Crippen molar-refractivity contribution in [1.29, 1.82) is 0 Å². The first-order valence-corrected chi connectivity index (χ1v) is 11.0. The molecule has 7 heteroatoms. The van der Waals surface area contributed by atoms with Crippen molar-refractivity contribution in [3.05, 3.63) is 42.5 Å². The molecule has 0 saturated carbocycles. The van der Waals surface area contributed by atoms with Crippen LogP contribution in [0.5, 0.6) is 0 Å². The molecule has 2 aromatic rings. The topological polar surface area (TPSA) is 27.7 Å². The van der Waals surface area contributed by atoms with Crippen LogP contribution in [0.15, 0.2) is 47.4 Å². The molecule has 0 aliphatic carbocycles. The number of fused-ring (bicyclic) bond motifs is 1. The zero-order valence-electron chi connectivity index (χ0n) is 15.5. The number of rotatable bonds is 11. The van der Waals surface area contributed by atoms with Gasteiger partial charge in [-0.3, -0.25) is 0 Å². The molecule has 142 valence electrons. The minimum absolute atomic E-state index is 0.0967. The number of hydrogen-bond donors (Lipinski definition) is 2. The van der Waals surface area contributed by atoms with Crippen LogP contribution in [-0.2, 0) is 14.0 Å². The van der Waals surface area contributed by atoms with E-state index in [-0.39, 0.29) is 16.3 Å². The number of benzene rings is 2. The lowest BCUT2D eigenvalue weighted by Gasteiger charge is -2.24. The quantitative estimate of drug-likeness (QED) is 0.205. The van der Waals surface area contributed by atoms with Crippen molar-refractivity contribution < 1.29 is 14.0 Å². The minimum Gasteiger partial charge on any atom is -0.374 e. The smallest absolute Gasteiger partial charge is 0.374 e. The Kier molecular flexibility index (Phi) is 9.74. The second kappa shape index (κ2) is 11.5. The summed E-state index contributed by atoms with van der Waals surface area (Å²) in [5.74, 6) is 0. The second-order valence-electron chi connectivity index (χ2n) is 5.86. The predicted octanol–water partition coefficient (Wildman–Crippen LogP) is 6.03. The summed E-state index contributed by atoms with van der Waals surface area (Å²) in [5.41, 5.74) is -0.574. The van der Waals surface area contributed by atoms with Gasteiger partial charge in [0.25, 0.3) is 0 Å². The van der Waals surface area contributed by atoms with Crippen LogP contribution < -0.4 is 0 Å². The van der Waals surface area contributed by atoms with Crippen LogP contribution in [0.25, 0.3) is 10.8 Å². The fraction of sp³-hybridized carbons (Fsp3) is 0.474. The molecule has 0 spiro atoms. The molecule has 2 aromatic carbocycles. The van der Waals surface area contributed by atoms with Crippen LogP contribution in [0.4, 0.5) is 0 Å². The third kappa shape index (κ3) is 6.70. The Morgan fingerprint density at radius 3 is 2.08 bits per heavy atom. The zero-order valence-corrected chi connectivity index (χ0v) is 18.1. The highest BCUT2D eigenvalue weighted by Crippen LogP contribution is 2.33. The molecular weight excluding hydrogens is 383 g/mol. The van der Waals surface area contributed by atoms with Crippen LogP contribution in [0.1, 0.15) is 40.0 Å². The molecule has 0 saturated heterocycles. The summed E-state index contributed by atoms with van der Waals surface area (Å²) >= 11 is 10.5. The molecule has 3 unspecified atom stereocenters. The normalized spacial score (nSPS) is 15.0. The van der Waals surface area contributed by atoms with Gasteiger partial charge in [-0.2, -0.15) is 0 Å². The Morgan fingerprint density at radius 2 is 1.46 bits per heavy atom. The number of thiol groups is 2. The molecule has 0 bridgehead atoms. The predicted molar refractivity (Wildman–Crippen MR) is 119 cm³/mol. The van der Waals surface area contributed by atoms with Gasteiger partial charge in [0.05, 0.1) is 16.3 Å². The van der Waals surface area contributed by atoms with Crippen molar-refractivity contribution in [3.8, 4) is 0 Å². The first-order valence-electron chi connectivity index (χ1n) is 9.04. The Labute approximate surface area is 172 Å². The second-order valence-corrected chi connectivity index (χ2v) is 8.21. The summed E-state index contributed by atoms with van der Waals surface area (Å²) in [5, 5.41) is 2.45. The number of hydrogen-bond acceptors (Lipinski definition) is 6. The Hall–Kier alpha value is -0.305. The molecule has 0 radical (unpaired) electrons. The van der Waals surface area contributed by atoms with E-state index in [2.05, 4.69) is 74.6 Å². The third-order valence-electron chi connectivity index (χ3n) is 3.84. The average molecular weight is 410 g/mol. The lowest BCUT2D eigenvalue weighted by atomic mass is 10.1. The summed E-state index contributed by atoms with van der Waals surface area (Å²) in [7, 11) is -0.785. The maximum absolute atomic E-state index is 6.12. The van der Waals surface area contributed by atoms with Crippen LogP contribution >= 0.6 is 37.0 Å². The van der Waals surface area contributed by atoms with Crippen molar-refractivity contribution in [2.75, 3.05) is 0 Å². The molecule has 26 heavy (non-hydrogen) atoms. The van der Waals surface area contributed by atoms with Crippen molar-refractivity contribution in [3.63, 3.8) is 0 Å². The van der Waals surface area contributed by atoms with Crippen LogP contribution in [-0.4, -0.2) is 23.6 Å². The summed E-state index contributed by atoms with van der Waals surface area (Å²) in [6.45, 7) is 6.11. The van der Waals surface area contributed by atoms with E-state index in [0.717, 1.165) is 19.3 Å². The minimum atomic E-state index is -0.785. The van der Waals surface area contributed by atoms with Gasteiger partial charge >= 0.3 is 7.32 Å². The van der Waals surface area contributed by atoms with E-state index in [1.807, 2.05) is 13.8 Å². The molecular formula is C19H27BO3S3. The van der Waals surface area contributed by atoms with Crippen molar-refractivity contribution in [2.45, 2.75) is 61.2 Å². The zero-order chi connectivity index (χ0) is 18.9. The van der Waals surface area contributed by atoms with Gasteiger partial charge in [-0.05, 0) is 36.1 Å². The maximum atomic E-state index is 6.12. The van der Waals surface area contributed by atoms with Crippen LogP contribution in [0, 0.1) is 0 Å². The van der Waals surface area contributed by atoms with E-state index in [0.29, 0.717) is 0 Å². The molecule has 0 aromatic heterocycles. The molecule has 0 heterocycles. The van der Waals surface area contributed by atoms with Gasteiger partial charge in [0.15, 0.2) is 0 Å². The Balaban J connectivity index is 2.11. The molecule has 0 N–H and O–H groups in total. The average Bonchev–Trinajstić information content (AvgIpc) is 2.67. The largest absolute Gasteiger partial charge is 0.641 e. The monoisotopic (exact) mass is 410 g/mol. The van der Waals surface area contributed by atoms with Crippen molar-refractivity contribution in [2.24, 2.45) is 0 Å². The molecule has 0 amide bonds. The lowest BCUT2D eigenvalue weighted by molar-refractivity contribution is 0.0676. The number of thioether (sulfide) groups is 1. The SMILES string of the molecule is CCC(S)OB(OC(S)CC)OC(CC)Sc1cccc2ccccc12. The van der Waals surface area contributed by atoms with E-state index in [9.17, 15) is 0 Å². The molecule has 3 nitrogen and oxygen atoms in total. The first-order chi connectivity index (χ1) is 12.6. The summed E-state index contributed by atoms with van der Waals surface area (Å²) < 4.78 is 17.7. The summed E-state index contributed by atoms with van der Waals surface area (Å²) in [6, 6.07) is 14.7. The summed E-state index contributed by atoms with van der Waals surface area (Å²) in [6.07, 6.45) is 2.36. The Morgan fingerprint density at radius 1 is 0.846 bits per heavy atom. The molecule has 0 fully saturated rings.